The molecule has 2 amide bonds. The van der Waals surface area contributed by atoms with Gasteiger partial charge in [0.2, 0.25) is 11.8 Å². The first-order valence-electron chi connectivity index (χ1n) is 6.99. The van der Waals surface area contributed by atoms with Gasteiger partial charge in [-0.3, -0.25) is 19.3 Å². The van der Waals surface area contributed by atoms with Gasteiger partial charge in [0.25, 0.3) is 0 Å². The predicted octanol–water partition coefficient (Wildman–Crippen LogP) is 2.95. The quantitative estimate of drug-likeness (QED) is 0.727. The Morgan fingerprint density at radius 3 is 2.50 bits per heavy atom. The third-order valence-electron chi connectivity index (χ3n) is 3.23. The maximum absolute atomic E-state index is 11.7. The largest absolute Gasteiger partial charge is 0.274 e. The molecule has 1 N–H and O–H groups in total. The number of para-hydroxylation sites is 1. The van der Waals surface area contributed by atoms with Crippen molar-refractivity contribution in [3.05, 3.63) is 40.5 Å². The van der Waals surface area contributed by atoms with E-state index in [0.29, 0.717) is 21.4 Å². The van der Waals surface area contributed by atoms with Gasteiger partial charge in [-0.2, -0.15) is 5.10 Å². The third kappa shape index (κ3) is 2.91. The summed E-state index contributed by atoms with van der Waals surface area (Å²) in [6, 6.07) is 9.51. The van der Waals surface area contributed by atoms with Crippen LogP contribution in [0, 0.1) is 4.77 Å². The fraction of sp³-hybridized carbons (Fsp3) is 0.133. The molecule has 0 atom stereocenters. The highest BCUT2D eigenvalue weighted by Gasteiger charge is 2.22. The molecular formula is C15H13N5O2S2. The lowest BCUT2D eigenvalue weighted by molar-refractivity contribution is -0.124. The molecule has 3 aromatic rings. The van der Waals surface area contributed by atoms with E-state index >= 15 is 0 Å². The smallest absolute Gasteiger partial charge is 0.232 e. The summed E-state index contributed by atoms with van der Waals surface area (Å²) in [6.07, 6.45) is 0. The van der Waals surface area contributed by atoms with Crippen molar-refractivity contribution in [2.24, 2.45) is 0 Å². The predicted molar refractivity (Wildman–Crippen MR) is 93.7 cm³/mol. The summed E-state index contributed by atoms with van der Waals surface area (Å²) in [6.45, 7) is 2.64. The van der Waals surface area contributed by atoms with Crippen molar-refractivity contribution in [3.63, 3.8) is 0 Å². The molecule has 0 bridgehead atoms. The molecule has 2 aromatic heterocycles. The number of nitrogens with zero attached hydrogens (tertiary/aromatic N) is 4. The van der Waals surface area contributed by atoms with E-state index in [1.54, 1.807) is 9.95 Å². The van der Waals surface area contributed by atoms with Gasteiger partial charge in [0, 0.05) is 19.2 Å². The summed E-state index contributed by atoms with van der Waals surface area (Å²) in [5, 5.41) is 9.02. The van der Waals surface area contributed by atoms with E-state index in [-0.39, 0.29) is 11.8 Å². The fourth-order valence-corrected chi connectivity index (χ4v) is 3.37. The van der Waals surface area contributed by atoms with E-state index in [2.05, 4.69) is 15.2 Å². The first-order chi connectivity index (χ1) is 11.5. The van der Waals surface area contributed by atoms with Crippen molar-refractivity contribution in [3.8, 4) is 17.2 Å². The second-order valence-electron chi connectivity index (χ2n) is 4.91. The van der Waals surface area contributed by atoms with Gasteiger partial charge >= 0.3 is 0 Å². The van der Waals surface area contributed by atoms with Crippen LogP contribution in [0.25, 0.3) is 17.2 Å². The van der Waals surface area contributed by atoms with Crippen LogP contribution in [0.4, 0.5) is 5.13 Å². The van der Waals surface area contributed by atoms with Crippen LogP contribution < -0.4 is 4.90 Å². The number of carbonyl (C=O) groups excluding carboxylic acids is 2. The number of amides is 2. The lowest BCUT2D eigenvalue weighted by Gasteiger charge is -2.12. The summed E-state index contributed by atoms with van der Waals surface area (Å²) < 4.78 is 2.18. The number of anilines is 1. The molecule has 0 spiro atoms. The number of hydrogen-bond acceptors (Lipinski definition) is 6. The molecule has 0 aliphatic carbocycles. The van der Waals surface area contributed by atoms with Crippen molar-refractivity contribution < 1.29 is 9.59 Å². The average molecular weight is 359 g/mol. The Morgan fingerprint density at radius 1 is 1.21 bits per heavy atom. The molecule has 24 heavy (non-hydrogen) atoms. The Balaban J connectivity index is 2.08. The zero-order chi connectivity index (χ0) is 17.3. The van der Waals surface area contributed by atoms with E-state index in [9.17, 15) is 9.59 Å². The molecular weight excluding hydrogens is 346 g/mol. The molecule has 7 nitrogen and oxygen atoms in total. The van der Waals surface area contributed by atoms with Crippen molar-refractivity contribution in [1.29, 1.82) is 0 Å². The second-order valence-corrected chi connectivity index (χ2v) is 6.14. The maximum atomic E-state index is 11.7. The van der Waals surface area contributed by atoms with E-state index in [4.69, 9.17) is 12.2 Å². The molecule has 0 radical (unpaired) electrons. The van der Waals surface area contributed by atoms with E-state index in [1.165, 1.54) is 25.2 Å². The third-order valence-corrected chi connectivity index (χ3v) is 4.33. The van der Waals surface area contributed by atoms with E-state index in [0.717, 1.165) is 10.6 Å². The van der Waals surface area contributed by atoms with Gasteiger partial charge in [-0.15, -0.1) is 11.3 Å². The van der Waals surface area contributed by atoms with Crippen LogP contribution in [-0.2, 0) is 9.59 Å². The number of benzene rings is 1. The summed E-state index contributed by atoms with van der Waals surface area (Å²) >= 11 is 6.49. The normalized spacial score (nSPS) is 10.6. The molecule has 0 unspecified atom stereocenters. The highest BCUT2D eigenvalue weighted by atomic mass is 32.1. The number of H-pyrrole nitrogens is 1. The van der Waals surface area contributed by atoms with Gasteiger partial charge in [0.05, 0.1) is 5.69 Å². The number of carbonyl (C=O) groups is 2. The number of rotatable bonds is 3. The van der Waals surface area contributed by atoms with Crippen LogP contribution in [0.15, 0.2) is 35.7 Å². The molecule has 9 heteroatoms. The number of aromatic nitrogens is 4. The first kappa shape index (κ1) is 16.2. The monoisotopic (exact) mass is 359 g/mol. The summed E-state index contributed by atoms with van der Waals surface area (Å²) in [5.74, 6) is -0.253. The van der Waals surface area contributed by atoms with Crippen LogP contribution >= 0.6 is 23.6 Å². The highest BCUT2D eigenvalue weighted by molar-refractivity contribution is 7.71. The van der Waals surface area contributed by atoms with Crippen LogP contribution in [-0.4, -0.2) is 31.6 Å². The van der Waals surface area contributed by atoms with Gasteiger partial charge in [-0.05, 0) is 24.4 Å². The Morgan fingerprint density at radius 2 is 1.88 bits per heavy atom. The maximum Gasteiger partial charge on any atom is 0.232 e. The number of hydrogen-bond donors (Lipinski definition) is 1. The van der Waals surface area contributed by atoms with Crippen molar-refractivity contribution in [2.45, 2.75) is 13.8 Å². The number of nitrogens with one attached hydrogen (secondary N) is 1. The number of thiazole rings is 1. The van der Waals surface area contributed by atoms with Crippen molar-refractivity contribution in [2.75, 3.05) is 4.90 Å². The Labute approximate surface area is 146 Å². The summed E-state index contributed by atoms with van der Waals surface area (Å²) in [7, 11) is 0. The van der Waals surface area contributed by atoms with Gasteiger partial charge in [-0.25, -0.2) is 9.88 Å². The topological polar surface area (TPSA) is 83.9 Å². The minimum absolute atomic E-state index is 0.304. The molecule has 0 aliphatic heterocycles. The molecule has 1 aromatic carbocycles. The van der Waals surface area contributed by atoms with Gasteiger partial charge in [0.1, 0.15) is 5.69 Å². The standard InChI is InChI=1S/C15H13N5O2S2/c1-9(21)19(10(2)22)15-16-12(8-24-15)13-17-18-14(23)20(13)11-6-4-3-5-7-11/h3-8H,1-2H3,(H,18,23). The summed E-state index contributed by atoms with van der Waals surface area (Å²) in [4.78, 5) is 28.7. The van der Waals surface area contributed by atoms with Crippen LogP contribution in [0.3, 0.4) is 0 Å². The Bertz CT molecular complexity index is 944. The average Bonchev–Trinajstić information content (AvgIpc) is 3.14. The second kappa shape index (κ2) is 6.46. The van der Waals surface area contributed by atoms with Crippen LogP contribution in [0.1, 0.15) is 13.8 Å². The van der Waals surface area contributed by atoms with Crippen molar-refractivity contribution >= 4 is 40.5 Å². The molecule has 0 aliphatic rings. The first-order valence-corrected chi connectivity index (χ1v) is 8.28. The molecule has 0 saturated heterocycles. The van der Waals surface area contributed by atoms with Gasteiger partial charge in [0.15, 0.2) is 15.7 Å². The van der Waals surface area contributed by atoms with E-state index < -0.39 is 0 Å². The number of imide groups is 1. The summed E-state index contributed by atoms with van der Waals surface area (Å²) in [5.41, 5.74) is 1.37. The minimum atomic E-state index is -0.384. The molecule has 0 fully saturated rings. The van der Waals surface area contributed by atoms with Crippen molar-refractivity contribution in [1.82, 2.24) is 19.7 Å². The van der Waals surface area contributed by atoms with E-state index in [1.807, 2.05) is 30.3 Å². The highest BCUT2D eigenvalue weighted by Crippen LogP contribution is 2.28. The zero-order valence-electron chi connectivity index (χ0n) is 12.9. The van der Waals surface area contributed by atoms with Gasteiger partial charge < -0.3 is 0 Å². The lowest BCUT2D eigenvalue weighted by atomic mass is 10.3. The molecule has 3 rings (SSSR count). The van der Waals surface area contributed by atoms with Gasteiger partial charge in [-0.1, -0.05) is 18.2 Å². The van der Waals surface area contributed by atoms with Crippen LogP contribution in [0.5, 0.6) is 0 Å². The fourth-order valence-electron chi connectivity index (χ4n) is 2.25. The lowest BCUT2D eigenvalue weighted by Crippen LogP contribution is -2.32. The SMILES string of the molecule is CC(=O)N(C(C)=O)c1nc(-c2n[nH]c(=S)n2-c2ccccc2)cs1. The molecule has 122 valence electrons. The minimum Gasteiger partial charge on any atom is -0.274 e. The Hall–Kier alpha value is -2.65. The molecule has 0 saturated carbocycles. The molecule has 2 heterocycles. The Kier molecular flexibility index (Phi) is 4.36. The van der Waals surface area contributed by atoms with Crippen LogP contribution in [0.2, 0.25) is 0 Å². The number of aromatic amines is 1. The zero-order valence-corrected chi connectivity index (χ0v) is 14.5.